The molecule has 2 heterocycles. The molecule has 0 saturated carbocycles. The van der Waals surface area contributed by atoms with E-state index in [1.807, 2.05) is 13.0 Å². The normalized spacial score (nSPS) is 12.0. The van der Waals surface area contributed by atoms with Gasteiger partial charge in [0.25, 0.3) is 5.82 Å². The van der Waals surface area contributed by atoms with Crippen LogP contribution < -0.4 is 4.57 Å². The first-order valence-corrected chi connectivity index (χ1v) is 11.8. The summed E-state index contributed by atoms with van der Waals surface area (Å²) in [6, 6.07) is 19.6. The molecular weight excluding hydrogens is 406 g/mol. The molecule has 0 saturated heterocycles. The number of aryl methyl sites for hydroxylation is 3. The molecule has 0 amide bonds. The van der Waals surface area contributed by atoms with Crippen LogP contribution in [-0.4, -0.2) is 9.55 Å². The summed E-state index contributed by atoms with van der Waals surface area (Å²) in [5.74, 6) is 2.60. The van der Waals surface area contributed by atoms with Crippen LogP contribution in [0.15, 0.2) is 59.0 Å². The Morgan fingerprint density at radius 1 is 0.848 bits per heavy atom. The van der Waals surface area contributed by atoms with Crippen molar-refractivity contribution < 1.29 is 8.98 Å². The Hall–Kier alpha value is -3.40. The largest absolute Gasteiger partial charge is 0.441 e. The molecule has 0 aliphatic carbocycles. The van der Waals surface area contributed by atoms with Crippen molar-refractivity contribution in [3.8, 4) is 17.1 Å². The van der Waals surface area contributed by atoms with E-state index in [0.29, 0.717) is 17.7 Å². The molecule has 0 N–H and O–H groups in total. The third-order valence-corrected chi connectivity index (χ3v) is 6.68. The molecule has 5 rings (SSSR count). The second-order valence-electron chi connectivity index (χ2n) is 9.64. The second-order valence-corrected chi connectivity index (χ2v) is 9.64. The molecule has 0 aliphatic rings. The maximum atomic E-state index is 5.94. The van der Waals surface area contributed by atoms with E-state index in [9.17, 15) is 0 Å². The number of para-hydroxylation sites is 3. The van der Waals surface area contributed by atoms with Gasteiger partial charge in [-0.1, -0.05) is 64.1 Å². The summed E-state index contributed by atoms with van der Waals surface area (Å²) in [6.07, 6.45) is 0. The van der Waals surface area contributed by atoms with E-state index in [1.54, 1.807) is 0 Å². The zero-order chi connectivity index (χ0) is 23.4. The monoisotopic (exact) mass is 438 g/mol. The smallest absolute Gasteiger partial charge is 0.297 e. The molecule has 4 heteroatoms. The van der Waals surface area contributed by atoms with Crippen molar-refractivity contribution in [1.29, 1.82) is 0 Å². The summed E-state index contributed by atoms with van der Waals surface area (Å²) in [4.78, 5) is 4.82. The van der Waals surface area contributed by atoms with E-state index in [2.05, 4.69) is 99.3 Å². The van der Waals surface area contributed by atoms with Crippen molar-refractivity contribution in [2.45, 2.75) is 53.4 Å². The van der Waals surface area contributed by atoms with Gasteiger partial charge in [-0.3, -0.25) is 0 Å². The van der Waals surface area contributed by atoms with Crippen LogP contribution in [0.2, 0.25) is 0 Å². The summed E-state index contributed by atoms with van der Waals surface area (Å²) in [6.45, 7) is 13.2. The number of imidazole rings is 1. The fourth-order valence-electron chi connectivity index (χ4n) is 5.08. The van der Waals surface area contributed by atoms with Crippen LogP contribution >= 0.6 is 0 Å². The molecule has 0 bridgehead atoms. The number of hydrogen-bond acceptors (Lipinski definition) is 2. The molecule has 3 aromatic carbocycles. The number of benzene rings is 3. The minimum Gasteiger partial charge on any atom is -0.441 e. The van der Waals surface area contributed by atoms with Gasteiger partial charge in [0.05, 0.1) is 12.6 Å². The van der Waals surface area contributed by atoms with Gasteiger partial charge in [-0.15, -0.1) is 0 Å². The average Bonchev–Trinajstić information content (AvgIpc) is 3.30. The second kappa shape index (κ2) is 7.87. The zero-order valence-electron chi connectivity index (χ0n) is 20.6. The summed E-state index contributed by atoms with van der Waals surface area (Å²) in [5, 5.41) is 0. The number of hydrogen-bond donors (Lipinski definition) is 0. The fourth-order valence-corrected chi connectivity index (χ4v) is 5.08. The van der Waals surface area contributed by atoms with E-state index in [1.165, 1.54) is 33.4 Å². The molecule has 0 aliphatic heterocycles. The first-order chi connectivity index (χ1) is 15.8. The van der Waals surface area contributed by atoms with Crippen LogP contribution in [0.4, 0.5) is 0 Å². The number of oxazole rings is 1. The predicted octanol–water partition coefficient (Wildman–Crippen LogP) is 7.13. The summed E-state index contributed by atoms with van der Waals surface area (Å²) in [7, 11) is 2.16. The quantitative estimate of drug-likeness (QED) is 0.280. The predicted molar refractivity (Wildman–Crippen MR) is 135 cm³/mol. The molecule has 4 nitrogen and oxygen atoms in total. The van der Waals surface area contributed by atoms with Gasteiger partial charge in [0.15, 0.2) is 22.5 Å². The number of nitrogens with zero attached hydrogens (tertiary/aromatic N) is 3. The Bertz CT molecular complexity index is 1470. The Balaban J connectivity index is 2.02. The SMILES string of the molecule is Cc1nc2c(-c3n(-c4c(C(C)C)cccc4C(C)C)c4ccccc4[n+]3C)c(C)ccc2o1. The maximum Gasteiger partial charge on any atom is 0.297 e. The van der Waals surface area contributed by atoms with Crippen LogP contribution in [0.25, 0.3) is 39.2 Å². The molecule has 0 fully saturated rings. The highest BCUT2D eigenvalue weighted by molar-refractivity contribution is 5.93. The van der Waals surface area contributed by atoms with Crippen molar-refractivity contribution in [3.05, 3.63) is 77.2 Å². The molecule has 0 spiro atoms. The number of fused-ring (bicyclic) bond motifs is 2. The van der Waals surface area contributed by atoms with E-state index < -0.39 is 0 Å². The van der Waals surface area contributed by atoms with Gasteiger partial charge in [0.1, 0.15) is 11.2 Å². The third kappa shape index (κ3) is 3.28. The average molecular weight is 439 g/mol. The third-order valence-electron chi connectivity index (χ3n) is 6.68. The highest BCUT2D eigenvalue weighted by atomic mass is 16.3. The topological polar surface area (TPSA) is 34.8 Å². The summed E-state index contributed by atoms with van der Waals surface area (Å²) in [5.41, 5.74) is 10.4. The summed E-state index contributed by atoms with van der Waals surface area (Å²) >= 11 is 0. The van der Waals surface area contributed by atoms with E-state index in [4.69, 9.17) is 9.40 Å². The Kier molecular flexibility index (Phi) is 5.12. The van der Waals surface area contributed by atoms with Crippen LogP contribution in [0.1, 0.15) is 62.1 Å². The molecule has 2 aromatic heterocycles. The Morgan fingerprint density at radius 3 is 2.18 bits per heavy atom. The first-order valence-electron chi connectivity index (χ1n) is 11.8. The first kappa shape index (κ1) is 21.4. The summed E-state index contributed by atoms with van der Waals surface area (Å²) < 4.78 is 10.7. The lowest BCUT2D eigenvalue weighted by Crippen LogP contribution is -2.30. The van der Waals surface area contributed by atoms with E-state index in [0.717, 1.165) is 22.5 Å². The maximum absolute atomic E-state index is 5.94. The van der Waals surface area contributed by atoms with Crippen molar-refractivity contribution in [1.82, 2.24) is 9.55 Å². The van der Waals surface area contributed by atoms with Crippen molar-refractivity contribution in [2.24, 2.45) is 7.05 Å². The highest BCUT2D eigenvalue weighted by Gasteiger charge is 2.32. The van der Waals surface area contributed by atoms with Crippen molar-refractivity contribution in [2.75, 3.05) is 0 Å². The fraction of sp³-hybridized carbons (Fsp3) is 0.310. The minimum atomic E-state index is 0.393. The van der Waals surface area contributed by atoms with Crippen LogP contribution in [0.5, 0.6) is 0 Å². The Labute approximate surface area is 195 Å². The molecule has 5 aromatic rings. The molecule has 0 atom stereocenters. The van der Waals surface area contributed by atoms with Gasteiger partial charge >= 0.3 is 0 Å². The number of rotatable bonds is 4. The molecule has 33 heavy (non-hydrogen) atoms. The van der Waals surface area contributed by atoms with Crippen LogP contribution in [-0.2, 0) is 7.05 Å². The Morgan fingerprint density at radius 2 is 1.52 bits per heavy atom. The van der Waals surface area contributed by atoms with E-state index in [-0.39, 0.29) is 0 Å². The number of aromatic nitrogens is 3. The highest BCUT2D eigenvalue weighted by Crippen LogP contribution is 2.39. The zero-order valence-corrected chi connectivity index (χ0v) is 20.6. The standard InChI is InChI=1S/C29H32N3O/c1-17(2)21-11-10-12-22(18(3)4)28(21)32-24-14-9-8-13-23(24)31(7)29(32)26-19(5)15-16-25-27(26)30-20(6)33-25/h8-18H,1-7H3/q+1. The van der Waals surface area contributed by atoms with Gasteiger partial charge in [0, 0.05) is 18.1 Å². The lowest BCUT2D eigenvalue weighted by Gasteiger charge is -2.18. The van der Waals surface area contributed by atoms with Crippen molar-refractivity contribution in [3.63, 3.8) is 0 Å². The molecule has 0 radical (unpaired) electrons. The molecular formula is C29H32N3O+. The molecule has 168 valence electrons. The van der Waals surface area contributed by atoms with Crippen LogP contribution in [0, 0.1) is 13.8 Å². The minimum absolute atomic E-state index is 0.393. The van der Waals surface area contributed by atoms with Crippen LogP contribution in [0.3, 0.4) is 0 Å². The van der Waals surface area contributed by atoms with Gasteiger partial charge in [-0.25, -0.2) is 9.55 Å². The van der Waals surface area contributed by atoms with Gasteiger partial charge < -0.3 is 4.42 Å². The lowest BCUT2D eigenvalue weighted by molar-refractivity contribution is -0.633. The van der Waals surface area contributed by atoms with Gasteiger partial charge in [-0.05, 0) is 42.5 Å². The lowest BCUT2D eigenvalue weighted by atomic mass is 9.92. The van der Waals surface area contributed by atoms with E-state index >= 15 is 0 Å². The van der Waals surface area contributed by atoms with Gasteiger partial charge in [0.2, 0.25) is 0 Å². The molecule has 0 unspecified atom stereocenters. The van der Waals surface area contributed by atoms with Gasteiger partial charge in [-0.2, -0.15) is 4.57 Å². The van der Waals surface area contributed by atoms with Crippen molar-refractivity contribution >= 4 is 22.1 Å².